The second kappa shape index (κ2) is 4.37. The highest BCUT2D eigenvalue weighted by atomic mass is 19.1. The van der Waals surface area contributed by atoms with Crippen LogP contribution in [0, 0.1) is 11.6 Å². The van der Waals surface area contributed by atoms with Crippen LogP contribution < -0.4 is 0 Å². The number of carboxylic acid groups (broad SMARTS) is 1. The van der Waals surface area contributed by atoms with Crippen molar-refractivity contribution in [2.45, 2.75) is 0 Å². The summed E-state index contributed by atoms with van der Waals surface area (Å²) in [7, 11) is 0. The Labute approximate surface area is 110 Å². The Kier molecular flexibility index (Phi) is 2.67. The molecule has 1 aromatic carbocycles. The molecule has 0 aliphatic heterocycles. The average Bonchev–Trinajstić information content (AvgIpc) is 2.80. The number of fused-ring (bicyclic) bond motifs is 1. The first-order valence-corrected chi connectivity index (χ1v) is 5.58. The quantitative estimate of drug-likeness (QED) is 0.753. The van der Waals surface area contributed by atoms with E-state index < -0.39 is 23.2 Å². The van der Waals surface area contributed by atoms with Crippen LogP contribution in [0.1, 0.15) is 10.4 Å². The van der Waals surface area contributed by atoms with Gasteiger partial charge in [0.2, 0.25) is 0 Å². The van der Waals surface area contributed by atoms with E-state index in [1.807, 2.05) is 0 Å². The number of imidazole rings is 1. The predicted octanol–water partition coefficient (Wildman–Crippen LogP) is 2.60. The molecule has 0 saturated heterocycles. The molecule has 0 saturated carbocycles. The van der Waals surface area contributed by atoms with E-state index in [2.05, 4.69) is 15.0 Å². The lowest BCUT2D eigenvalue weighted by Crippen LogP contribution is -1.99. The molecule has 0 unspecified atom stereocenters. The number of nitrogens with one attached hydrogen (secondary N) is 1. The Morgan fingerprint density at radius 3 is 2.70 bits per heavy atom. The van der Waals surface area contributed by atoms with Crippen molar-refractivity contribution in [1.82, 2.24) is 15.0 Å². The number of nitrogens with zero attached hydrogens (tertiary/aromatic N) is 2. The third-order valence-corrected chi connectivity index (χ3v) is 2.78. The van der Waals surface area contributed by atoms with Crippen molar-refractivity contribution in [2.24, 2.45) is 0 Å². The molecule has 3 aromatic rings. The Hall–Kier alpha value is -2.83. The SMILES string of the molecule is O=C(O)c1cc2nc(-c3cncc(F)c3)[nH]c2cc1F. The van der Waals surface area contributed by atoms with Gasteiger partial charge in [0, 0.05) is 17.8 Å². The number of hydrogen-bond acceptors (Lipinski definition) is 3. The van der Waals surface area contributed by atoms with Crippen molar-refractivity contribution in [3.05, 3.63) is 47.8 Å². The van der Waals surface area contributed by atoms with E-state index in [0.29, 0.717) is 11.1 Å². The number of carboxylic acids is 1. The molecule has 7 heteroatoms. The van der Waals surface area contributed by atoms with Crippen LogP contribution in [0.2, 0.25) is 0 Å². The van der Waals surface area contributed by atoms with Crippen molar-refractivity contribution in [3.8, 4) is 11.4 Å². The molecule has 0 amide bonds. The number of H-pyrrole nitrogens is 1. The van der Waals surface area contributed by atoms with Gasteiger partial charge in [-0.2, -0.15) is 0 Å². The Morgan fingerprint density at radius 1 is 1.20 bits per heavy atom. The average molecular weight is 275 g/mol. The Morgan fingerprint density at radius 2 is 2.00 bits per heavy atom. The summed E-state index contributed by atoms with van der Waals surface area (Å²) in [6.45, 7) is 0. The van der Waals surface area contributed by atoms with Crippen LogP contribution in [-0.2, 0) is 0 Å². The zero-order chi connectivity index (χ0) is 14.3. The molecule has 3 rings (SSSR count). The van der Waals surface area contributed by atoms with Gasteiger partial charge in [0.25, 0.3) is 0 Å². The predicted molar refractivity (Wildman–Crippen MR) is 66.2 cm³/mol. The summed E-state index contributed by atoms with van der Waals surface area (Å²) < 4.78 is 26.6. The third kappa shape index (κ3) is 1.99. The molecule has 2 N–H and O–H groups in total. The van der Waals surface area contributed by atoms with Crippen LogP contribution in [0.15, 0.2) is 30.6 Å². The van der Waals surface area contributed by atoms with Crippen LogP contribution in [0.5, 0.6) is 0 Å². The monoisotopic (exact) mass is 275 g/mol. The lowest BCUT2D eigenvalue weighted by atomic mass is 10.2. The zero-order valence-corrected chi connectivity index (χ0v) is 9.89. The molecule has 0 atom stereocenters. The first-order valence-electron chi connectivity index (χ1n) is 5.58. The second-order valence-electron chi connectivity index (χ2n) is 4.13. The normalized spacial score (nSPS) is 10.9. The van der Waals surface area contributed by atoms with Gasteiger partial charge in [-0.1, -0.05) is 0 Å². The van der Waals surface area contributed by atoms with E-state index in [1.165, 1.54) is 12.3 Å². The second-order valence-corrected chi connectivity index (χ2v) is 4.13. The molecule has 0 fully saturated rings. The van der Waals surface area contributed by atoms with E-state index in [9.17, 15) is 13.6 Å². The molecule has 0 radical (unpaired) electrons. The number of aromatic nitrogens is 3. The van der Waals surface area contributed by atoms with E-state index in [0.717, 1.165) is 18.3 Å². The van der Waals surface area contributed by atoms with Crippen LogP contribution in [-0.4, -0.2) is 26.0 Å². The molecule has 20 heavy (non-hydrogen) atoms. The largest absolute Gasteiger partial charge is 0.478 e. The van der Waals surface area contributed by atoms with Gasteiger partial charge in [0.05, 0.1) is 22.8 Å². The minimum absolute atomic E-state index is 0.281. The van der Waals surface area contributed by atoms with Gasteiger partial charge < -0.3 is 10.1 Å². The summed E-state index contributed by atoms with van der Waals surface area (Å²) in [5.41, 5.74) is 0.529. The van der Waals surface area contributed by atoms with E-state index in [1.54, 1.807) is 0 Å². The number of aromatic carboxylic acids is 1. The highest BCUT2D eigenvalue weighted by Crippen LogP contribution is 2.22. The number of halogens is 2. The molecule has 5 nitrogen and oxygen atoms in total. The van der Waals surface area contributed by atoms with Gasteiger partial charge in [-0.05, 0) is 12.1 Å². The fourth-order valence-electron chi connectivity index (χ4n) is 1.87. The van der Waals surface area contributed by atoms with E-state index in [4.69, 9.17) is 5.11 Å². The first-order chi connectivity index (χ1) is 9.54. The highest BCUT2D eigenvalue weighted by Gasteiger charge is 2.14. The highest BCUT2D eigenvalue weighted by molar-refractivity contribution is 5.93. The third-order valence-electron chi connectivity index (χ3n) is 2.78. The molecule has 0 spiro atoms. The maximum Gasteiger partial charge on any atom is 0.338 e. The topological polar surface area (TPSA) is 78.9 Å². The molecule has 0 bridgehead atoms. The van der Waals surface area contributed by atoms with Crippen molar-refractivity contribution in [3.63, 3.8) is 0 Å². The summed E-state index contributed by atoms with van der Waals surface area (Å²) in [5.74, 6) is -2.48. The maximum atomic E-state index is 13.5. The van der Waals surface area contributed by atoms with Crippen LogP contribution in [0.4, 0.5) is 8.78 Å². The molecular weight excluding hydrogens is 268 g/mol. The molecule has 0 aliphatic carbocycles. The zero-order valence-electron chi connectivity index (χ0n) is 9.89. The standard InChI is InChI=1S/C13H7F2N3O2/c14-7-1-6(4-16-5-7)12-17-10-2-8(13(19)20)9(15)3-11(10)18-12/h1-5H,(H,17,18)(H,19,20). The maximum absolute atomic E-state index is 13.5. The molecule has 0 aliphatic rings. The van der Waals surface area contributed by atoms with Gasteiger partial charge in [-0.15, -0.1) is 0 Å². The van der Waals surface area contributed by atoms with Gasteiger partial charge in [0.15, 0.2) is 0 Å². The minimum Gasteiger partial charge on any atom is -0.478 e. The van der Waals surface area contributed by atoms with Gasteiger partial charge >= 0.3 is 5.97 Å². The van der Waals surface area contributed by atoms with Crippen molar-refractivity contribution >= 4 is 17.0 Å². The van der Waals surface area contributed by atoms with Gasteiger partial charge in [0.1, 0.15) is 17.5 Å². The number of pyridine rings is 1. The Bertz CT molecular complexity index is 830. The van der Waals surface area contributed by atoms with E-state index >= 15 is 0 Å². The van der Waals surface area contributed by atoms with Crippen LogP contribution in [0.3, 0.4) is 0 Å². The van der Waals surface area contributed by atoms with Crippen molar-refractivity contribution in [1.29, 1.82) is 0 Å². The molecule has 100 valence electrons. The number of carbonyl (C=O) groups is 1. The first kappa shape index (κ1) is 12.2. The lowest BCUT2D eigenvalue weighted by molar-refractivity contribution is 0.0692. The molecule has 2 aromatic heterocycles. The number of benzene rings is 1. The van der Waals surface area contributed by atoms with Gasteiger partial charge in [-0.3, -0.25) is 4.98 Å². The smallest absolute Gasteiger partial charge is 0.338 e. The fraction of sp³-hybridized carbons (Fsp3) is 0. The van der Waals surface area contributed by atoms with Crippen LogP contribution >= 0.6 is 0 Å². The molecular formula is C13H7F2N3O2. The minimum atomic E-state index is -1.37. The fourth-order valence-corrected chi connectivity index (χ4v) is 1.87. The summed E-state index contributed by atoms with van der Waals surface area (Å²) in [6.07, 6.45) is 2.45. The lowest BCUT2D eigenvalue weighted by Gasteiger charge is -1.96. The summed E-state index contributed by atoms with van der Waals surface area (Å²) in [5, 5.41) is 8.85. The Balaban J connectivity index is 2.18. The number of aromatic amines is 1. The van der Waals surface area contributed by atoms with Crippen LogP contribution in [0.25, 0.3) is 22.4 Å². The van der Waals surface area contributed by atoms with Crippen molar-refractivity contribution in [2.75, 3.05) is 0 Å². The summed E-state index contributed by atoms with van der Waals surface area (Å²) >= 11 is 0. The summed E-state index contributed by atoms with van der Waals surface area (Å²) in [6, 6.07) is 3.39. The van der Waals surface area contributed by atoms with E-state index in [-0.39, 0.29) is 11.3 Å². The number of rotatable bonds is 2. The number of hydrogen-bond donors (Lipinski definition) is 2. The summed E-state index contributed by atoms with van der Waals surface area (Å²) in [4.78, 5) is 21.5. The van der Waals surface area contributed by atoms with Gasteiger partial charge in [-0.25, -0.2) is 18.6 Å². The van der Waals surface area contributed by atoms with Crippen molar-refractivity contribution < 1.29 is 18.7 Å². The molecule has 2 heterocycles.